The van der Waals surface area contributed by atoms with E-state index in [0.717, 1.165) is 39.9 Å². The van der Waals surface area contributed by atoms with E-state index < -0.39 is 0 Å². The van der Waals surface area contributed by atoms with Crippen LogP contribution in [0.5, 0.6) is 0 Å². The Morgan fingerprint density at radius 2 is 1.95 bits per heavy atom. The second-order valence-electron chi connectivity index (χ2n) is 4.64. The Kier molecular flexibility index (Phi) is 2.67. The van der Waals surface area contributed by atoms with Crippen molar-refractivity contribution in [2.45, 2.75) is 6.54 Å². The molecule has 0 aliphatic heterocycles. The molecule has 0 bridgehead atoms. The van der Waals surface area contributed by atoms with Crippen LogP contribution in [0.2, 0.25) is 0 Å². The molecule has 0 aliphatic rings. The van der Waals surface area contributed by atoms with E-state index in [1.54, 1.807) is 11.3 Å². The molecular formula is C16H12N2OS. The molecular weight excluding hydrogens is 268 g/mol. The molecule has 0 saturated heterocycles. The third-order valence-corrected chi connectivity index (χ3v) is 3.97. The van der Waals surface area contributed by atoms with Crippen LogP contribution in [-0.4, -0.2) is 4.98 Å². The third kappa shape index (κ3) is 1.94. The first kappa shape index (κ1) is 11.5. The molecule has 0 radical (unpaired) electrons. The van der Waals surface area contributed by atoms with Crippen LogP contribution >= 0.6 is 11.3 Å². The Morgan fingerprint density at radius 1 is 1.05 bits per heavy atom. The Bertz CT molecular complexity index is 865. The highest BCUT2D eigenvalue weighted by Crippen LogP contribution is 2.30. The zero-order valence-electron chi connectivity index (χ0n) is 10.7. The lowest BCUT2D eigenvalue weighted by Crippen LogP contribution is -1.98. The number of fused-ring (bicyclic) bond motifs is 3. The van der Waals surface area contributed by atoms with E-state index in [9.17, 15) is 0 Å². The first-order valence-corrected chi connectivity index (χ1v) is 7.37. The van der Waals surface area contributed by atoms with E-state index in [2.05, 4.69) is 27.8 Å². The van der Waals surface area contributed by atoms with Crippen LogP contribution in [0.1, 0.15) is 5.69 Å². The van der Waals surface area contributed by atoms with Gasteiger partial charge < -0.3 is 9.73 Å². The van der Waals surface area contributed by atoms with Gasteiger partial charge in [0.15, 0.2) is 0 Å². The van der Waals surface area contributed by atoms with Gasteiger partial charge in [-0.2, -0.15) is 0 Å². The van der Waals surface area contributed by atoms with Crippen molar-refractivity contribution in [3.05, 3.63) is 59.0 Å². The van der Waals surface area contributed by atoms with Gasteiger partial charge in [-0.1, -0.05) is 18.2 Å². The summed E-state index contributed by atoms with van der Waals surface area (Å²) >= 11 is 1.61. The molecule has 0 fully saturated rings. The number of nitrogens with one attached hydrogen (secondary N) is 1. The van der Waals surface area contributed by atoms with Gasteiger partial charge in [-0.05, 0) is 24.3 Å². The van der Waals surface area contributed by atoms with E-state index in [0.29, 0.717) is 0 Å². The van der Waals surface area contributed by atoms with E-state index in [1.807, 2.05) is 35.8 Å². The first-order chi connectivity index (χ1) is 9.90. The second kappa shape index (κ2) is 4.65. The van der Waals surface area contributed by atoms with Crippen molar-refractivity contribution < 1.29 is 4.42 Å². The summed E-state index contributed by atoms with van der Waals surface area (Å²) in [7, 11) is 0. The van der Waals surface area contributed by atoms with Crippen molar-refractivity contribution in [1.82, 2.24) is 4.98 Å². The number of rotatable bonds is 3. The van der Waals surface area contributed by atoms with Crippen molar-refractivity contribution in [3.63, 3.8) is 0 Å². The van der Waals surface area contributed by atoms with Crippen molar-refractivity contribution in [1.29, 1.82) is 0 Å². The first-order valence-electron chi connectivity index (χ1n) is 6.42. The maximum Gasteiger partial charge on any atom is 0.135 e. The topological polar surface area (TPSA) is 38.1 Å². The molecule has 0 amide bonds. The number of hydrogen-bond acceptors (Lipinski definition) is 4. The van der Waals surface area contributed by atoms with E-state index in [1.165, 1.54) is 0 Å². The van der Waals surface area contributed by atoms with Gasteiger partial charge in [0, 0.05) is 21.8 Å². The van der Waals surface area contributed by atoms with Gasteiger partial charge in [-0.3, -0.25) is 0 Å². The molecule has 2 aromatic carbocycles. The Morgan fingerprint density at radius 3 is 2.85 bits per heavy atom. The molecule has 20 heavy (non-hydrogen) atoms. The lowest BCUT2D eigenvalue weighted by molar-refractivity contribution is 0.669. The molecule has 2 heterocycles. The minimum Gasteiger partial charge on any atom is -0.456 e. The minimum absolute atomic E-state index is 0.741. The van der Waals surface area contributed by atoms with Gasteiger partial charge in [-0.15, -0.1) is 11.3 Å². The summed E-state index contributed by atoms with van der Waals surface area (Å²) in [6.07, 6.45) is 0. The van der Waals surface area contributed by atoms with Crippen LogP contribution in [0, 0.1) is 0 Å². The zero-order valence-corrected chi connectivity index (χ0v) is 11.5. The minimum atomic E-state index is 0.741. The molecule has 4 aromatic rings. The molecule has 0 unspecified atom stereocenters. The van der Waals surface area contributed by atoms with Crippen LogP contribution in [0.15, 0.2) is 57.8 Å². The number of para-hydroxylation sites is 1. The molecule has 98 valence electrons. The number of hydrogen-bond donors (Lipinski definition) is 1. The van der Waals surface area contributed by atoms with Crippen LogP contribution in [0.25, 0.3) is 21.9 Å². The molecule has 0 aliphatic carbocycles. The van der Waals surface area contributed by atoms with Crippen molar-refractivity contribution in [2.24, 2.45) is 0 Å². The predicted octanol–water partition coefficient (Wildman–Crippen LogP) is 4.65. The summed E-state index contributed by atoms with van der Waals surface area (Å²) in [4.78, 5) is 4.27. The molecule has 1 N–H and O–H groups in total. The van der Waals surface area contributed by atoms with Gasteiger partial charge in [0.05, 0.1) is 17.7 Å². The summed E-state index contributed by atoms with van der Waals surface area (Å²) in [5, 5.41) is 7.75. The predicted molar refractivity (Wildman–Crippen MR) is 83.2 cm³/mol. The largest absolute Gasteiger partial charge is 0.456 e. The highest BCUT2D eigenvalue weighted by Gasteiger charge is 2.06. The van der Waals surface area contributed by atoms with Crippen molar-refractivity contribution in [3.8, 4) is 0 Å². The summed E-state index contributed by atoms with van der Waals surface area (Å²) in [6, 6.07) is 14.3. The summed E-state index contributed by atoms with van der Waals surface area (Å²) in [5.74, 6) is 0. The SMILES string of the molecule is c1ccc2c(c1)oc1ccc(NCc3cscn3)cc12. The van der Waals surface area contributed by atoms with Crippen molar-refractivity contribution in [2.75, 3.05) is 5.32 Å². The number of aromatic nitrogens is 1. The highest BCUT2D eigenvalue weighted by atomic mass is 32.1. The average Bonchev–Trinajstić information content (AvgIpc) is 3.12. The number of benzene rings is 2. The summed E-state index contributed by atoms with van der Waals surface area (Å²) in [6.45, 7) is 0.741. The molecule has 0 saturated carbocycles. The molecule has 0 atom stereocenters. The molecule has 4 rings (SSSR count). The number of anilines is 1. The van der Waals surface area contributed by atoms with Crippen LogP contribution in [-0.2, 0) is 6.54 Å². The van der Waals surface area contributed by atoms with E-state index >= 15 is 0 Å². The Hall–Kier alpha value is -2.33. The molecule has 4 heteroatoms. The van der Waals surface area contributed by atoms with E-state index in [-0.39, 0.29) is 0 Å². The normalized spacial score (nSPS) is 11.2. The van der Waals surface area contributed by atoms with Crippen molar-refractivity contribution >= 4 is 39.0 Å². The fourth-order valence-electron chi connectivity index (χ4n) is 2.35. The third-order valence-electron chi connectivity index (χ3n) is 3.33. The number of nitrogens with zero attached hydrogens (tertiary/aromatic N) is 1. The number of thiazole rings is 1. The summed E-state index contributed by atoms with van der Waals surface area (Å²) < 4.78 is 5.82. The Labute approximate surface area is 119 Å². The molecule has 2 aromatic heterocycles. The molecule has 0 spiro atoms. The maximum atomic E-state index is 5.82. The average molecular weight is 280 g/mol. The van der Waals surface area contributed by atoms with Gasteiger partial charge >= 0.3 is 0 Å². The van der Waals surface area contributed by atoms with Crippen LogP contribution in [0.4, 0.5) is 5.69 Å². The Balaban J connectivity index is 1.72. The highest BCUT2D eigenvalue weighted by molar-refractivity contribution is 7.07. The summed E-state index contributed by atoms with van der Waals surface area (Å²) in [5.41, 5.74) is 5.85. The monoisotopic (exact) mass is 280 g/mol. The molecule has 3 nitrogen and oxygen atoms in total. The fraction of sp³-hybridized carbons (Fsp3) is 0.0625. The smallest absolute Gasteiger partial charge is 0.135 e. The van der Waals surface area contributed by atoms with Crippen LogP contribution < -0.4 is 5.32 Å². The second-order valence-corrected chi connectivity index (χ2v) is 5.36. The van der Waals surface area contributed by atoms with E-state index in [4.69, 9.17) is 4.42 Å². The van der Waals surface area contributed by atoms with Gasteiger partial charge in [0.2, 0.25) is 0 Å². The van der Waals surface area contributed by atoms with Gasteiger partial charge in [0.25, 0.3) is 0 Å². The number of furan rings is 1. The fourth-order valence-corrected chi connectivity index (χ4v) is 2.91. The van der Waals surface area contributed by atoms with Gasteiger partial charge in [0.1, 0.15) is 11.2 Å². The quantitative estimate of drug-likeness (QED) is 0.593. The van der Waals surface area contributed by atoms with Gasteiger partial charge in [-0.25, -0.2) is 4.98 Å². The lowest BCUT2D eigenvalue weighted by atomic mass is 10.1. The van der Waals surface area contributed by atoms with Crippen LogP contribution in [0.3, 0.4) is 0 Å². The zero-order chi connectivity index (χ0) is 13.4. The lowest BCUT2D eigenvalue weighted by Gasteiger charge is -2.04. The maximum absolute atomic E-state index is 5.82. The standard InChI is InChI=1S/C16H12N2OS/c1-2-4-15-13(3-1)14-7-11(5-6-16(14)19-15)17-8-12-9-20-10-18-12/h1-7,9-10,17H,8H2.